The third-order valence-corrected chi connectivity index (χ3v) is 11.2. The number of anilines is 2. The Kier molecular flexibility index (Phi) is 6.92. The standard InChI is InChI=1S/C35H27Cl2FN2O6/c1-3-18-7-11-20(12-8-18)39-30(42)23-16-15-22-24(27(23)31(39)43)17-34(36)32(44)40(21-13-9-19(38)10-14-21)33(45)35(34,37)29(22)28-25(41)5-4-6-26(28)46-2/h3-15,23-24,27,29,41H,1,16-17H2,2H3/t23-,24+,27-,29+,34+,35-/m0/s1. The molecule has 4 amide bonds. The first kappa shape index (κ1) is 30.2. The summed E-state index contributed by atoms with van der Waals surface area (Å²) in [5.41, 5.74) is 1.89. The lowest BCUT2D eigenvalue weighted by atomic mass is 9.56. The van der Waals surface area contributed by atoms with E-state index in [1.54, 1.807) is 48.6 Å². The molecule has 0 radical (unpaired) electrons. The van der Waals surface area contributed by atoms with Gasteiger partial charge in [0.2, 0.25) is 11.8 Å². The third kappa shape index (κ3) is 3.91. The lowest BCUT2D eigenvalue weighted by Crippen LogP contribution is -2.60. The van der Waals surface area contributed by atoms with Crippen LogP contribution >= 0.6 is 23.2 Å². The van der Waals surface area contributed by atoms with Crippen LogP contribution in [-0.2, 0) is 19.2 Å². The van der Waals surface area contributed by atoms with E-state index in [2.05, 4.69) is 6.58 Å². The molecule has 2 aliphatic carbocycles. The van der Waals surface area contributed by atoms with E-state index in [4.69, 9.17) is 27.9 Å². The van der Waals surface area contributed by atoms with Crippen molar-refractivity contribution in [2.45, 2.75) is 28.5 Å². The molecule has 0 unspecified atom stereocenters. The monoisotopic (exact) mass is 660 g/mol. The van der Waals surface area contributed by atoms with Gasteiger partial charge in [-0.3, -0.25) is 24.1 Å². The van der Waals surface area contributed by atoms with Crippen LogP contribution in [0.25, 0.3) is 6.08 Å². The molecule has 2 aliphatic heterocycles. The van der Waals surface area contributed by atoms with Crippen molar-refractivity contribution in [1.82, 2.24) is 0 Å². The molecule has 4 aliphatic rings. The molecule has 234 valence electrons. The second-order valence-electron chi connectivity index (χ2n) is 12.0. The fourth-order valence-corrected chi connectivity index (χ4v) is 8.65. The summed E-state index contributed by atoms with van der Waals surface area (Å²) in [4.78, 5) is 54.5. The molecule has 3 fully saturated rings. The SMILES string of the molecule is C=Cc1ccc(N2C(=O)[C@H]3[C@H](CC=C4[C@H]3C[C@@]3(Cl)C(=O)N(c5ccc(F)cc5)C(=O)[C@@]3(Cl)[C@H]4c3c(O)cccc3OC)C2=O)cc1. The highest BCUT2D eigenvalue weighted by Crippen LogP contribution is 2.67. The van der Waals surface area contributed by atoms with Crippen LogP contribution in [0.3, 0.4) is 0 Å². The number of amides is 4. The minimum absolute atomic E-state index is 0.0601. The second-order valence-corrected chi connectivity index (χ2v) is 13.2. The number of fused-ring (bicyclic) bond motifs is 4. The Hall–Kier alpha value is -4.47. The Morgan fingerprint density at radius 3 is 2.22 bits per heavy atom. The van der Waals surface area contributed by atoms with Crippen molar-refractivity contribution in [2.75, 3.05) is 16.9 Å². The Morgan fingerprint density at radius 2 is 1.57 bits per heavy atom. The maximum atomic E-state index is 14.5. The summed E-state index contributed by atoms with van der Waals surface area (Å²) in [7, 11) is 1.39. The summed E-state index contributed by atoms with van der Waals surface area (Å²) in [6, 6.07) is 16.1. The van der Waals surface area contributed by atoms with E-state index in [1.807, 2.05) is 0 Å². The van der Waals surface area contributed by atoms with Gasteiger partial charge in [-0.05, 0) is 72.9 Å². The molecule has 11 heteroatoms. The Bertz CT molecular complexity index is 1880. The van der Waals surface area contributed by atoms with Crippen molar-refractivity contribution in [3.05, 3.63) is 102 Å². The van der Waals surface area contributed by atoms with Gasteiger partial charge in [-0.25, -0.2) is 9.29 Å². The van der Waals surface area contributed by atoms with Crippen molar-refractivity contribution >= 4 is 64.3 Å². The molecule has 0 aromatic heterocycles. The van der Waals surface area contributed by atoms with Crippen molar-refractivity contribution in [3.8, 4) is 11.5 Å². The maximum Gasteiger partial charge on any atom is 0.258 e. The number of hydrogen-bond donors (Lipinski definition) is 1. The number of carbonyl (C=O) groups excluding carboxylic acids is 4. The van der Waals surface area contributed by atoms with Gasteiger partial charge in [-0.15, -0.1) is 23.2 Å². The van der Waals surface area contributed by atoms with Crippen LogP contribution in [0.15, 0.2) is 85.0 Å². The highest BCUT2D eigenvalue weighted by Gasteiger charge is 2.77. The van der Waals surface area contributed by atoms with Gasteiger partial charge in [0.05, 0.1) is 30.3 Å². The van der Waals surface area contributed by atoms with Gasteiger partial charge in [0.1, 0.15) is 17.3 Å². The van der Waals surface area contributed by atoms with Crippen LogP contribution in [0.5, 0.6) is 11.5 Å². The number of rotatable bonds is 5. The van der Waals surface area contributed by atoms with E-state index in [0.717, 1.165) is 27.5 Å². The Labute approximate surface area is 273 Å². The van der Waals surface area contributed by atoms with Gasteiger partial charge >= 0.3 is 0 Å². The summed E-state index contributed by atoms with van der Waals surface area (Å²) in [5.74, 6) is -6.95. The first-order valence-electron chi connectivity index (χ1n) is 14.7. The number of phenolic OH excluding ortho intramolecular Hbond substituents is 1. The minimum atomic E-state index is -2.20. The van der Waals surface area contributed by atoms with Crippen LogP contribution in [0, 0.1) is 23.6 Å². The average Bonchev–Trinajstić information content (AvgIpc) is 3.39. The van der Waals surface area contributed by atoms with E-state index >= 15 is 0 Å². The maximum absolute atomic E-state index is 14.5. The second kappa shape index (κ2) is 10.5. The topological polar surface area (TPSA) is 104 Å². The normalized spacial score (nSPS) is 30.1. The fourth-order valence-electron chi connectivity index (χ4n) is 7.73. The minimum Gasteiger partial charge on any atom is -0.508 e. The molecular formula is C35H27Cl2FN2O6. The van der Waals surface area contributed by atoms with E-state index in [9.17, 15) is 28.7 Å². The molecule has 3 aromatic rings. The largest absolute Gasteiger partial charge is 0.508 e. The first-order chi connectivity index (χ1) is 22.0. The zero-order valence-electron chi connectivity index (χ0n) is 24.5. The van der Waals surface area contributed by atoms with Crippen LogP contribution in [0.4, 0.5) is 15.8 Å². The summed E-state index contributed by atoms with van der Waals surface area (Å²) >= 11 is 14.7. The number of phenols is 1. The number of allylic oxidation sites excluding steroid dienone is 2. The van der Waals surface area contributed by atoms with Crippen LogP contribution < -0.4 is 14.5 Å². The molecule has 8 nitrogen and oxygen atoms in total. The highest BCUT2D eigenvalue weighted by atomic mass is 35.5. The van der Waals surface area contributed by atoms with Crippen molar-refractivity contribution in [1.29, 1.82) is 0 Å². The van der Waals surface area contributed by atoms with E-state index in [-0.39, 0.29) is 41.5 Å². The number of imide groups is 2. The number of hydrogen-bond acceptors (Lipinski definition) is 6. The number of halogens is 3. The molecule has 2 heterocycles. The number of benzene rings is 3. The van der Waals surface area contributed by atoms with Gasteiger partial charge in [-0.1, -0.05) is 42.5 Å². The molecule has 3 aromatic carbocycles. The van der Waals surface area contributed by atoms with Gasteiger partial charge < -0.3 is 9.84 Å². The first-order valence-corrected chi connectivity index (χ1v) is 15.4. The van der Waals surface area contributed by atoms with Crippen LogP contribution in [-0.4, -0.2) is 45.6 Å². The molecular weight excluding hydrogens is 634 g/mol. The number of aromatic hydroxyl groups is 1. The molecule has 0 bridgehead atoms. The Morgan fingerprint density at radius 1 is 0.913 bits per heavy atom. The zero-order chi connectivity index (χ0) is 32.7. The molecule has 46 heavy (non-hydrogen) atoms. The number of alkyl halides is 2. The predicted octanol–water partition coefficient (Wildman–Crippen LogP) is 5.95. The zero-order valence-corrected chi connectivity index (χ0v) is 26.0. The third-order valence-electron chi connectivity index (χ3n) is 9.83. The summed E-state index contributed by atoms with van der Waals surface area (Å²) in [5, 5.41) is 11.3. The fraction of sp³-hybridized carbons (Fsp3) is 0.257. The number of ether oxygens (including phenoxy) is 1. The van der Waals surface area contributed by atoms with Crippen molar-refractivity contribution in [3.63, 3.8) is 0 Å². The lowest BCUT2D eigenvalue weighted by Gasteiger charge is -2.50. The summed E-state index contributed by atoms with van der Waals surface area (Å²) < 4.78 is 19.5. The number of carbonyl (C=O) groups is 4. The smallest absolute Gasteiger partial charge is 0.258 e. The van der Waals surface area contributed by atoms with Crippen LogP contribution in [0.2, 0.25) is 0 Å². The van der Waals surface area contributed by atoms with Gasteiger partial charge in [0.25, 0.3) is 11.8 Å². The molecule has 6 atom stereocenters. The highest BCUT2D eigenvalue weighted by molar-refractivity contribution is 6.58. The molecule has 2 saturated heterocycles. The lowest BCUT2D eigenvalue weighted by molar-refractivity contribution is -0.125. The Balaban J connectivity index is 1.41. The van der Waals surface area contributed by atoms with Crippen molar-refractivity contribution < 1.29 is 33.4 Å². The van der Waals surface area contributed by atoms with E-state index in [1.165, 1.54) is 25.3 Å². The molecule has 7 rings (SSSR count). The number of nitrogens with zero attached hydrogens (tertiary/aromatic N) is 2. The number of methoxy groups -OCH3 is 1. The molecule has 1 saturated carbocycles. The van der Waals surface area contributed by atoms with E-state index < -0.39 is 57.0 Å². The molecule has 1 N–H and O–H groups in total. The molecule has 0 spiro atoms. The van der Waals surface area contributed by atoms with Gasteiger partial charge in [0, 0.05) is 11.5 Å². The average molecular weight is 662 g/mol. The summed E-state index contributed by atoms with van der Waals surface area (Å²) in [6.07, 6.45) is 3.33. The van der Waals surface area contributed by atoms with Gasteiger partial charge in [0.15, 0.2) is 9.75 Å². The quantitative estimate of drug-likeness (QED) is 0.206. The van der Waals surface area contributed by atoms with Gasteiger partial charge in [-0.2, -0.15) is 0 Å². The summed E-state index contributed by atoms with van der Waals surface area (Å²) in [6.45, 7) is 3.75. The van der Waals surface area contributed by atoms with Crippen LogP contribution in [0.1, 0.15) is 29.9 Å². The van der Waals surface area contributed by atoms with Crippen molar-refractivity contribution in [2.24, 2.45) is 17.8 Å². The van der Waals surface area contributed by atoms with E-state index in [0.29, 0.717) is 11.3 Å². The predicted molar refractivity (Wildman–Crippen MR) is 170 cm³/mol.